The van der Waals surface area contributed by atoms with Crippen molar-refractivity contribution < 1.29 is 22.7 Å². The van der Waals surface area contributed by atoms with E-state index in [9.17, 15) is 13.2 Å². The van der Waals surface area contributed by atoms with Crippen molar-refractivity contribution in [3.05, 3.63) is 66.5 Å². The molecule has 0 radical (unpaired) electrons. The zero-order valence-corrected chi connectivity index (χ0v) is 28.1. The number of carbonyl (C=O) groups is 1. The first kappa shape index (κ1) is 32.5. The van der Waals surface area contributed by atoms with Crippen LogP contribution in [0.5, 0.6) is 11.6 Å². The molecule has 1 atom stereocenters. The molecule has 1 saturated heterocycles. The fourth-order valence-corrected chi connectivity index (χ4v) is 7.82. The van der Waals surface area contributed by atoms with Gasteiger partial charge in [0.1, 0.15) is 11.4 Å². The molecule has 11 nitrogen and oxygen atoms in total. The van der Waals surface area contributed by atoms with Crippen molar-refractivity contribution in [3.63, 3.8) is 0 Å². The van der Waals surface area contributed by atoms with E-state index in [1.54, 1.807) is 29.4 Å². The Labute approximate surface area is 276 Å². The van der Waals surface area contributed by atoms with Crippen LogP contribution in [0.2, 0.25) is 0 Å². The van der Waals surface area contributed by atoms with Gasteiger partial charge >= 0.3 is 6.09 Å². The number of likely N-dealkylation sites (tertiary alicyclic amines) is 1. The third-order valence-corrected chi connectivity index (χ3v) is 10.4. The number of sulfonamides is 1. The van der Waals surface area contributed by atoms with E-state index >= 15 is 0 Å². The number of amides is 1. The average Bonchev–Trinajstić information content (AvgIpc) is 3.59. The summed E-state index contributed by atoms with van der Waals surface area (Å²) in [6.45, 7) is 8.67. The number of hydrogen-bond acceptors (Lipinski definition) is 9. The second-order valence-corrected chi connectivity index (χ2v) is 15.3. The molecule has 3 heterocycles. The van der Waals surface area contributed by atoms with Crippen LogP contribution >= 0.6 is 0 Å². The normalized spacial score (nSPS) is 17.4. The first-order chi connectivity index (χ1) is 22.5. The van der Waals surface area contributed by atoms with Crippen molar-refractivity contribution in [2.75, 3.05) is 23.1 Å². The van der Waals surface area contributed by atoms with Gasteiger partial charge in [-0.2, -0.15) is 0 Å². The smallest absolute Gasteiger partial charge is 0.410 e. The highest BCUT2D eigenvalue weighted by Gasteiger charge is 2.30. The van der Waals surface area contributed by atoms with Crippen LogP contribution < -0.4 is 14.8 Å². The first-order valence-electron chi connectivity index (χ1n) is 16.2. The number of hydrogen-bond donors (Lipinski definition) is 2. The molecule has 1 amide bonds. The monoisotopic (exact) mass is 658 g/mol. The zero-order valence-electron chi connectivity index (χ0n) is 27.3. The van der Waals surface area contributed by atoms with Crippen molar-refractivity contribution in [2.24, 2.45) is 0 Å². The van der Waals surface area contributed by atoms with Gasteiger partial charge in [-0.3, -0.25) is 4.72 Å². The summed E-state index contributed by atoms with van der Waals surface area (Å²) in [5.74, 6) is 1.38. The summed E-state index contributed by atoms with van der Waals surface area (Å²) in [6, 6.07) is 14.9. The Morgan fingerprint density at radius 2 is 1.74 bits per heavy atom. The van der Waals surface area contributed by atoms with Crippen molar-refractivity contribution in [1.82, 2.24) is 19.9 Å². The van der Waals surface area contributed by atoms with Gasteiger partial charge in [0.05, 0.1) is 22.2 Å². The Bertz CT molecular complexity index is 1870. The second-order valence-electron chi connectivity index (χ2n) is 13.3. The van der Waals surface area contributed by atoms with E-state index in [0.29, 0.717) is 60.5 Å². The molecule has 2 aromatic carbocycles. The quantitative estimate of drug-likeness (QED) is 0.200. The Morgan fingerprint density at radius 1 is 0.936 bits per heavy atom. The Kier molecular flexibility index (Phi) is 9.23. The molecule has 1 unspecified atom stereocenters. The van der Waals surface area contributed by atoms with Crippen LogP contribution in [0, 0.1) is 6.92 Å². The third kappa shape index (κ3) is 7.59. The van der Waals surface area contributed by atoms with Gasteiger partial charge in [0.25, 0.3) is 0 Å². The van der Waals surface area contributed by atoms with E-state index in [1.807, 2.05) is 64.1 Å². The maximum Gasteiger partial charge on any atom is 0.410 e. The topological polar surface area (TPSA) is 136 Å². The van der Waals surface area contributed by atoms with Gasteiger partial charge < -0.3 is 19.7 Å². The summed E-state index contributed by atoms with van der Waals surface area (Å²) in [5.41, 5.74) is 2.14. The lowest BCUT2D eigenvalue weighted by molar-refractivity contribution is 0.0206. The molecule has 0 spiro atoms. The van der Waals surface area contributed by atoms with Gasteiger partial charge in [0.15, 0.2) is 0 Å². The molecule has 0 bridgehead atoms. The number of aryl methyl sites for hydroxylation is 1. The largest absolute Gasteiger partial charge is 0.444 e. The number of aromatic nitrogens is 3. The number of fused-ring (bicyclic) bond motifs is 1. The van der Waals surface area contributed by atoms with E-state index in [4.69, 9.17) is 14.5 Å². The summed E-state index contributed by atoms with van der Waals surface area (Å²) in [5, 5.41) is 4.54. The van der Waals surface area contributed by atoms with Crippen LogP contribution in [0.3, 0.4) is 0 Å². The van der Waals surface area contributed by atoms with Crippen LogP contribution in [0.15, 0.2) is 60.9 Å². The highest BCUT2D eigenvalue weighted by atomic mass is 32.2. The minimum atomic E-state index is -3.51. The van der Waals surface area contributed by atoms with Gasteiger partial charge in [-0.1, -0.05) is 37.1 Å². The number of rotatable bonds is 8. The Balaban J connectivity index is 1.24. The molecule has 47 heavy (non-hydrogen) atoms. The van der Waals surface area contributed by atoms with E-state index in [1.165, 1.54) is 0 Å². The van der Waals surface area contributed by atoms with Gasteiger partial charge in [0.2, 0.25) is 21.9 Å². The van der Waals surface area contributed by atoms with Crippen molar-refractivity contribution in [1.29, 1.82) is 0 Å². The minimum Gasteiger partial charge on any atom is -0.444 e. The van der Waals surface area contributed by atoms with Crippen LogP contribution in [0.1, 0.15) is 64.9 Å². The lowest BCUT2D eigenvalue weighted by atomic mass is 10.0. The molecule has 1 aliphatic heterocycles. The molecule has 4 aromatic rings. The van der Waals surface area contributed by atoms with Gasteiger partial charge in [-0.15, -0.1) is 0 Å². The number of nitrogens with zero attached hydrogens (tertiary/aromatic N) is 4. The minimum absolute atomic E-state index is 0.0326. The summed E-state index contributed by atoms with van der Waals surface area (Å²) >= 11 is 0. The number of carbonyl (C=O) groups excluding carboxylic acids is 1. The van der Waals surface area contributed by atoms with Crippen LogP contribution in [-0.2, 0) is 14.8 Å². The molecule has 12 heteroatoms. The predicted octanol–water partition coefficient (Wildman–Crippen LogP) is 7.29. The van der Waals surface area contributed by atoms with Crippen LogP contribution in [-0.4, -0.2) is 64.3 Å². The molecular formula is C35H42N6O5S. The highest BCUT2D eigenvalue weighted by molar-refractivity contribution is 7.93. The molecule has 1 saturated carbocycles. The number of piperidine rings is 1. The summed E-state index contributed by atoms with van der Waals surface area (Å²) in [4.78, 5) is 28.2. The molecule has 6 rings (SSSR count). The molecule has 2 aliphatic rings. The number of ether oxygens (including phenoxy) is 2. The van der Waals surface area contributed by atoms with Crippen molar-refractivity contribution >= 4 is 38.5 Å². The average molecular weight is 659 g/mol. The number of nitrogens with one attached hydrogen (secondary N) is 2. The van der Waals surface area contributed by atoms with Gasteiger partial charge in [-0.25, -0.2) is 28.2 Å². The lowest BCUT2D eigenvalue weighted by Gasteiger charge is -2.34. The lowest BCUT2D eigenvalue weighted by Crippen LogP contribution is -2.47. The summed E-state index contributed by atoms with van der Waals surface area (Å²) in [7, 11) is -3.51. The third-order valence-electron chi connectivity index (χ3n) is 8.51. The standard InChI is InChI=1S/C35H42N6O5S/c1-23-16-17-26-27(13-7-15-30(26)40-47(43,44)25-11-5-6-12-25)31(23)45-32-28(14-8-19-36-32)29-18-20-37-33(39-29)38-24-10-9-21-41(22-24)34(42)46-35(2,3)4/h7-8,13-20,24-25,40H,5-6,9-12,21-22H2,1-4H3,(H,37,38,39). The fourth-order valence-electron chi connectivity index (χ4n) is 6.21. The van der Waals surface area contributed by atoms with E-state index in [-0.39, 0.29) is 17.4 Å². The van der Waals surface area contributed by atoms with E-state index in [0.717, 1.165) is 42.0 Å². The predicted molar refractivity (Wildman–Crippen MR) is 183 cm³/mol. The molecule has 2 N–H and O–H groups in total. The first-order valence-corrected chi connectivity index (χ1v) is 17.8. The maximum atomic E-state index is 13.1. The van der Waals surface area contributed by atoms with Crippen molar-refractivity contribution in [2.45, 2.75) is 83.1 Å². The summed E-state index contributed by atoms with van der Waals surface area (Å²) in [6.07, 6.45) is 7.96. The zero-order chi connectivity index (χ0) is 33.2. The number of anilines is 2. The van der Waals surface area contributed by atoms with Gasteiger partial charge in [-0.05, 0) is 83.2 Å². The van der Waals surface area contributed by atoms with Gasteiger partial charge in [0, 0.05) is 42.3 Å². The van der Waals surface area contributed by atoms with E-state index in [2.05, 4.69) is 20.0 Å². The molecule has 1 aliphatic carbocycles. The Morgan fingerprint density at radius 3 is 2.53 bits per heavy atom. The number of benzene rings is 2. The SMILES string of the molecule is Cc1ccc2c(NS(=O)(=O)C3CCCC3)cccc2c1Oc1ncccc1-c1ccnc(NC2CCCN(C(=O)OC(C)(C)C)C2)n1. The second kappa shape index (κ2) is 13.3. The van der Waals surface area contributed by atoms with E-state index < -0.39 is 15.6 Å². The van der Waals surface area contributed by atoms with Crippen molar-refractivity contribution in [3.8, 4) is 22.9 Å². The highest BCUT2D eigenvalue weighted by Crippen LogP contribution is 2.39. The Hall–Kier alpha value is -4.45. The molecule has 2 aromatic heterocycles. The maximum absolute atomic E-state index is 13.1. The van der Waals surface area contributed by atoms with Crippen LogP contribution in [0.25, 0.3) is 22.0 Å². The summed E-state index contributed by atoms with van der Waals surface area (Å²) < 4.78 is 41.3. The molecular weight excluding hydrogens is 616 g/mol. The molecule has 2 fully saturated rings. The van der Waals surface area contributed by atoms with Crippen LogP contribution in [0.4, 0.5) is 16.4 Å². The number of pyridine rings is 1. The fraction of sp³-hybridized carbons (Fsp3) is 0.429. The molecule has 248 valence electrons.